The van der Waals surface area contributed by atoms with Crippen LogP contribution in [0.15, 0.2) is 54.6 Å². The number of nitrogens with zero attached hydrogens (tertiary/aromatic N) is 1. The molecule has 0 aliphatic rings. The van der Waals surface area contributed by atoms with Crippen LogP contribution in [0, 0.1) is 0 Å². The fourth-order valence-electron chi connectivity index (χ4n) is 2.93. The molecule has 0 fully saturated rings. The summed E-state index contributed by atoms with van der Waals surface area (Å²) in [5.41, 5.74) is 1.90. The van der Waals surface area contributed by atoms with E-state index >= 15 is 0 Å². The Morgan fingerprint density at radius 1 is 1.00 bits per heavy atom. The van der Waals surface area contributed by atoms with Gasteiger partial charge in [0.25, 0.3) is 0 Å². The first-order chi connectivity index (χ1) is 13.4. The van der Waals surface area contributed by atoms with Crippen molar-refractivity contribution in [3.05, 3.63) is 65.7 Å². The molecular formula is C23H31NO4. The molecule has 152 valence electrons. The van der Waals surface area contributed by atoms with Gasteiger partial charge in [-0.05, 0) is 56.9 Å². The van der Waals surface area contributed by atoms with E-state index in [1.54, 1.807) is 0 Å². The summed E-state index contributed by atoms with van der Waals surface area (Å²) in [4.78, 5) is 12.9. The zero-order chi connectivity index (χ0) is 20.4. The highest BCUT2D eigenvalue weighted by molar-refractivity contribution is 5.65. The summed E-state index contributed by atoms with van der Waals surface area (Å²) in [6.07, 6.45) is 0.703. The highest BCUT2D eigenvalue weighted by Gasteiger charge is 2.25. The van der Waals surface area contributed by atoms with Crippen molar-refractivity contribution < 1.29 is 19.4 Å². The standard InChI is InChI=1S/C23H31NO4/c1-23(2,3)24(22(25)26)14-8-12-19-11-7-13-21(17-19)28-16-15-27-18-20-9-5-4-6-10-20/h4-7,9-11,13,17H,8,12,14-16,18H2,1-3H3,(H,25,26). The maximum Gasteiger partial charge on any atom is 0.407 e. The summed E-state index contributed by atoms with van der Waals surface area (Å²) < 4.78 is 11.4. The van der Waals surface area contributed by atoms with E-state index in [1.165, 1.54) is 4.90 Å². The van der Waals surface area contributed by atoms with Crippen molar-refractivity contribution in [3.63, 3.8) is 0 Å². The quantitative estimate of drug-likeness (QED) is 0.585. The third-order valence-corrected chi connectivity index (χ3v) is 4.39. The van der Waals surface area contributed by atoms with Crippen LogP contribution in [0.3, 0.4) is 0 Å². The number of rotatable bonds is 10. The highest BCUT2D eigenvalue weighted by Crippen LogP contribution is 2.17. The third-order valence-electron chi connectivity index (χ3n) is 4.39. The second kappa shape index (κ2) is 10.7. The maximum atomic E-state index is 11.4. The van der Waals surface area contributed by atoms with E-state index in [-0.39, 0.29) is 0 Å². The molecule has 2 aromatic carbocycles. The van der Waals surface area contributed by atoms with Crippen LogP contribution in [0.5, 0.6) is 5.75 Å². The molecule has 0 aliphatic heterocycles. The fraction of sp³-hybridized carbons (Fsp3) is 0.435. The summed E-state index contributed by atoms with van der Waals surface area (Å²) in [6.45, 7) is 7.85. The number of hydrogen-bond donors (Lipinski definition) is 1. The van der Waals surface area contributed by atoms with Crippen molar-refractivity contribution in [1.82, 2.24) is 4.90 Å². The molecule has 0 atom stereocenters. The van der Waals surface area contributed by atoms with Crippen LogP contribution < -0.4 is 4.74 Å². The van der Waals surface area contributed by atoms with Crippen LogP contribution in [0.25, 0.3) is 0 Å². The minimum absolute atomic E-state index is 0.392. The second-order valence-electron chi connectivity index (χ2n) is 7.74. The van der Waals surface area contributed by atoms with Gasteiger partial charge in [-0.25, -0.2) is 4.79 Å². The minimum Gasteiger partial charge on any atom is -0.491 e. The van der Waals surface area contributed by atoms with E-state index in [4.69, 9.17) is 9.47 Å². The third kappa shape index (κ3) is 7.61. The lowest BCUT2D eigenvalue weighted by Crippen LogP contribution is -2.45. The van der Waals surface area contributed by atoms with Crippen molar-refractivity contribution in [2.45, 2.75) is 45.8 Å². The van der Waals surface area contributed by atoms with Crippen molar-refractivity contribution >= 4 is 6.09 Å². The number of hydrogen-bond acceptors (Lipinski definition) is 3. The molecule has 2 rings (SSSR count). The molecule has 0 spiro atoms. The highest BCUT2D eigenvalue weighted by atomic mass is 16.5. The summed E-state index contributed by atoms with van der Waals surface area (Å²) in [5, 5.41) is 9.36. The zero-order valence-corrected chi connectivity index (χ0v) is 17.1. The van der Waals surface area contributed by atoms with Crippen molar-refractivity contribution in [2.75, 3.05) is 19.8 Å². The van der Waals surface area contributed by atoms with Crippen LogP contribution >= 0.6 is 0 Å². The van der Waals surface area contributed by atoms with Crippen LogP contribution in [-0.4, -0.2) is 41.4 Å². The molecule has 2 aromatic rings. The average Bonchev–Trinajstić information content (AvgIpc) is 2.65. The monoisotopic (exact) mass is 385 g/mol. The van der Waals surface area contributed by atoms with E-state index in [0.717, 1.165) is 29.7 Å². The summed E-state index contributed by atoms with van der Waals surface area (Å²) in [6, 6.07) is 18.0. The lowest BCUT2D eigenvalue weighted by Gasteiger charge is -2.33. The number of amides is 1. The molecule has 0 unspecified atom stereocenters. The molecule has 0 radical (unpaired) electrons. The van der Waals surface area contributed by atoms with Gasteiger partial charge in [-0.15, -0.1) is 0 Å². The lowest BCUT2D eigenvalue weighted by molar-refractivity contribution is 0.0889. The van der Waals surface area contributed by atoms with Gasteiger partial charge in [0.1, 0.15) is 12.4 Å². The van der Waals surface area contributed by atoms with Gasteiger partial charge >= 0.3 is 6.09 Å². The fourth-order valence-corrected chi connectivity index (χ4v) is 2.93. The Balaban J connectivity index is 1.72. The SMILES string of the molecule is CC(C)(C)N(CCCc1cccc(OCCOCc2ccccc2)c1)C(=O)O. The summed E-state index contributed by atoms with van der Waals surface area (Å²) >= 11 is 0. The van der Waals surface area contributed by atoms with Crippen molar-refractivity contribution in [3.8, 4) is 5.75 Å². The van der Waals surface area contributed by atoms with Gasteiger partial charge in [0.15, 0.2) is 0 Å². The van der Waals surface area contributed by atoms with E-state index in [9.17, 15) is 9.90 Å². The number of benzene rings is 2. The Kier molecular flexibility index (Phi) is 8.33. The Labute approximate surface area is 167 Å². The zero-order valence-electron chi connectivity index (χ0n) is 17.1. The van der Waals surface area contributed by atoms with Gasteiger partial charge in [-0.1, -0.05) is 42.5 Å². The molecule has 28 heavy (non-hydrogen) atoms. The number of ether oxygens (including phenoxy) is 2. The molecule has 0 heterocycles. The predicted octanol–water partition coefficient (Wildman–Crippen LogP) is 4.99. The maximum absolute atomic E-state index is 11.4. The Morgan fingerprint density at radius 2 is 1.71 bits per heavy atom. The predicted molar refractivity (Wildman–Crippen MR) is 111 cm³/mol. The topological polar surface area (TPSA) is 59.0 Å². The normalized spacial score (nSPS) is 11.2. The van der Waals surface area contributed by atoms with Crippen molar-refractivity contribution in [2.24, 2.45) is 0 Å². The van der Waals surface area contributed by atoms with Gasteiger partial charge in [0.05, 0.1) is 13.2 Å². The number of aryl methyl sites for hydroxylation is 1. The average molecular weight is 386 g/mol. The Morgan fingerprint density at radius 3 is 2.39 bits per heavy atom. The molecule has 0 saturated carbocycles. The molecule has 0 bridgehead atoms. The summed E-state index contributed by atoms with van der Waals surface area (Å²) in [7, 11) is 0. The molecule has 5 nitrogen and oxygen atoms in total. The number of carbonyl (C=O) groups is 1. The van der Waals surface area contributed by atoms with E-state index in [0.29, 0.717) is 26.4 Å². The molecule has 0 aromatic heterocycles. The van der Waals surface area contributed by atoms with Gasteiger partial charge in [0, 0.05) is 12.1 Å². The Bertz CT molecular complexity index is 725. The van der Waals surface area contributed by atoms with E-state index in [1.807, 2.05) is 75.4 Å². The van der Waals surface area contributed by atoms with Crippen LogP contribution in [-0.2, 0) is 17.8 Å². The smallest absolute Gasteiger partial charge is 0.407 e. The first kappa shape index (κ1) is 21.8. The van der Waals surface area contributed by atoms with Crippen molar-refractivity contribution in [1.29, 1.82) is 0 Å². The molecular weight excluding hydrogens is 354 g/mol. The largest absolute Gasteiger partial charge is 0.491 e. The molecule has 1 N–H and O–H groups in total. The van der Waals surface area contributed by atoms with Crippen LogP contribution in [0.4, 0.5) is 4.79 Å². The van der Waals surface area contributed by atoms with E-state index in [2.05, 4.69) is 0 Å². The minimum atomic E-state index is -0.875. The molecule has 5 heteroatoms. The molecule has 0 saturated heterocycles. The first-order valence-corrected chi connectivity index (χ1v) is 9.70. The molecule has 0 aliphatic carbocycles. The van der Waals surface area contributed by atoms with Gasteiger partial charge in [-0.2, -0.15) is 0 Å². The molecule has 1 amide bonds. The lowest BCUT2D eigenvalue weighted by atomic mass is 10.0. The van der Waals surface area contributed by atoms with Crippen LogP contribution in [0.1, 0.15) is 38.3 Å². The summed E-state index contributed by atoms with van der Waals surface area (Å²) in [5.74, 6) is 0.812. The Hall–Kier alpha value is -2.53. The second-order valence-corrected chi connectivity index (χ2v) is 7.74. The number of carboxylic acid groups (broad SMARTS) is 1. The first-order valence-electron chi connectivity index (χ1n) is 9.70. The van der Waals surface area contributed by atoms with Gasteiger partial charge in [-0.3, -0.25) is 0 Å². The van der Waals surface area contributed by atoms with E-state index < -0.39 is 11.6 Å². The van der Waals surface area contributed by atoms with Gasteiger partial charge < -0.3 is 19.5 Å². The van der Waals surface area contributed by atoms with Gasteiger partial charge in [0.2, 0.25) is 0 Å². The van der Waals surface area contributed by atoms with Crippen LogP contribution in [0.2, 0.25) is 0 Å².